The number of hydrogen-bond acceptors (Lipinski definition) is 4. The van der Waals surface area contributed by atoms with Gasteiger partial charge in [0.15, 0.2) is 0 Å². The van der Waals surface area contributed by atoms with Gasteiger partial charge in [0.1, 0.15) is 0 Å². The zero-order chi connectivity index (χ0) is 14.1. The zero-order valence-electron chi connectivity index (χ0n) is 12.2. The molecule has 4 rings (SSSR count). The third-order valence-electron chi connectivity index (χ3n) is 4.53. The Morgan fingerprint density at radius 2 is 1.95 bits per heavy atom. The van der Waals surface area contributed by atoms with Crippen molar-refractivity contribution in [3.63, 3.8) is 0 Å². The molecule has 1 saturated carbocycles. The van der Waals surface area contributed by atoms with Gasteiger partial charge in [0.25, 0.3) is 0 Å². The minimum atomic E-state index is 0.387. The van der Waals surface area contributed by atoms with Crippen LogP contribution in [0.15, 0.2) is 28.7 Å². The molecule has 0 bridgehead atoms. The van der Waals surface area contributed by atoms with E-state index in [9.17, 15) is 0 Å². The minimum Gasteiger partial charge on any atom is -0.425 e. The Balaban J connectivity index is 1.39. The fourth-order valence-corrected chi connectivity index (χ4v) is 3.11. The van der Waals surface area contributed by atoms with Crippen LogP contribution in [0, 0.1) is 0 Å². The normalized spacial score (nSPS) is 21.2. The lowest BCUT2D eigenvalue weighted by molar-refractivity contribution is 0.392. The summed E-state index contributed by atoms with van der Waals surface area (Å²) in [5.41, 5.74) is 2.91. The van der Waals surface area contributed by atoms with Crippen LogP contribution in [0.5, 0.6) is 0 Å². The van der Waals surface area contributed by atoms with Crippen LogP contribution in [0.2, 0.25) is 0 Å². The minimum absolute atomic E-state index is 0.387. The first-order chi connectivity index (χ1) is 10.4. The summed E-state index contributed by atoms with van der Waals surface area (Å²) in [4.78, 5) is 0. The number of hydrogen-bond donors (Lipinski definition) is 1. The van der Waals surface area contributed by atoms with Gasteiger partial charge in [0, 0.05) is 24.9 Å². The van der Waals surface area contributed by atoms with Crippen molar-refractivity contribution in [3.8, 4) is 0 Å². The van der Waals surface area contributed by atoms with Crippen LogP contribution in [0.25, 0.3) is 0 Å². The summed E-state index contributed by atoms with van der Waals surface area (Å²) in [5, 5.41) is 12.0. The third-order valence-corrected chi connectivity index (χ3v) is 4.53. The van der Waals surface area contributed by atoms with Gasteiger partial charge in [0.2, 0.25) is 11.8 Å². The van der Waals surface area contributed by atoms with Crippen LogP contribution in [0.4, 0.5) is 0 Å². The molecule has 2 aliphatic rings. The van der Waals surface area contributed by atoms with E-state index in [1.807, 2.05) is 0 Å². The highest BCUT2D eigenvalue weighted by atomic mass is 16.4. The van der Waals surface area contributed by atoms with Gasteiger partial charge in [0.05, 0.1) is 0 Å². The summed E-state index contributed by atoms with van der Waals surface area (Å²) >= 11 is 0. The Hall–Kier alpha value is -1.68. The molecule has 1 N–H and O–H groups in total. The Kier molecular flexibility index (Phi) is 3.47. The van der Waals surface area contributed by atoms with Crippen molar-refractivity contribution in [2.75, 3.05) is 6.54 Å². The van der Waals surface area contributed by atoms with Crippen LogP contribution in [0.1, 0.15) is 48.1 Å². The Morgan fingerprint density at radius 3 is 2.81 bits per heavy atom. The average Bonchev–Trinajstić information content (AvgIpc) is 3.23. The second kappa shape index (κ2) is 5.60. The molecule has 1 aromatic heterocycles. The Bertz CT molecular complexity index is 618. The van der Waals surface area contributed by atoms with Crippen LogP contribution < -0.4 is 5.32 Å². The molecule has 0 aliphatic heterocycles. The van der Waals surface area contributed by atoms with Crippen molar-refractivity contribution in [2.45, 2.75) is 50.5 Å². The van der Waals surface area contributed by atoms with Gasteiger partial charge >= 0.3 is 0 Å². The number of nitrogens with zero attached hydrogens (tertiary/aromatic N) is 2. The second-order valence-corrected chi connectivity index (χ2v) is 6.22. The maximum absolute atomic E-state index is 5.88. The van der Waals surface area contributed by atoms with Gasteiger partial charge in [-0.3, -0.25) is 0 Å². The van der Waals surface area contributed by atoms with E-state index in [1.165, 1.54) is 24.0 Å². The molecule has 1 unspecified atom stereocenters. The van der Waals surface area contributed by atoms with E-state index in [0.717, 1.165) is 50.1 Å². The summed E-state index contributed by atoms with van der Waals surface area (Å²) in [6.45, 7) is 0.944. The van der Waals surface area contributed by atoms with Crippen molar-refractivity contribution in [1.29, 1.82) is 0 Å². The molecule has 0 radical (unpaired) electrons. The first-order valence-electron chi connectivity index (χ1n) is 8.01. The number of benzene rings is 1. The molecule has 4 nitrogen and oxygen atoms in total. The molecule has 2 aliphatic carbocycles. The summed E-state index contributed by atoms with van der Waals surface area (Å²) in [6.07, 6.45) is 6.72. The average molecular weight is 283 g/mol. The summed E-state index contributed by atoms with van der Waals surface area (Å²) in [6, 6.07) is 9.43. The van der Waals surface area contributed by atoms with Crippen molar-refractivity contribution in [3.05, 3.63) is 47.2 Å². The fourth-order valence-electron chi connectivity index (χ4n) is 3.11. The van der Waals surface area contributed by atoms with Gasteiger partial charge in [-0.05, 0) is 43.2 Å². The lowest BCUT2D eigenvalue weighted by Crippen LogP contribution is -2.19. The SMILES string of the molecule is c1ccc2c(c1)CCC(c1nnc(CCNC3CC3)o1)C2. The number of aromatic nitrogens is 2. The van der Waals surface area contributed by atoms with Gasteiger partial charge in [-0.25, -0.2) is 0 Å². The van der Waals surface area contributed by atoms with E-state index < -0.39 is 0 Å². The van der Waals surface area contributed by atoms with Crippen LogP contribution in [-0.4, -0.2) is 22.8 Å². The largest absolute Gasteiger partial charge is 0.425 e. The first kappa shape index (κ1) is 13.0. The fraction of sp³-hybridized carbons (Fsp3) is 0.529. The molecule has 1 heterocycles. The molecule has 110 valence electrons. The third kappa shape index (κ3) is 3.00. The monoisotopic (exact) mass is 283 g/mol. The van der Waals surface area contributed by atoms with Crippen LogP contribution in [-0.2, 0) is 19.3 Å². The van der Waals surface area contributed by atoms with E-state index in [1.54, 1.807) is 0 Å². The zero-order valence-corrected chi connectivity index (χ0v) is 12.2. The van der Waals surface area contributed by atoms with Gasteiger partial charge in [-0.2, -0.15) is 0 Å². The number of nitrogens with one attached hydrogen (secondary N) is 1. The van der Waals surface area contributed by atoms with E-state index >= 15 is 0 Å². The highest BCUT2D eigenvalue weighted by molar-refractivity contribution is 5.31. The number of fused-ring (bicyclic) bond motifs is 1. The van der Waals surface area contributed by atoms with Crippen molar-refractivity contribution in [2.24, 2.45) is 0 Å². The van der Waals surface area contributed by atoms with Crippen molar-refractivity contribution < 1.29 is 4.42 Å². The van der Waals surface area contributed by atoms with E-state index in [4.69, 9.17) is 4.42 Å². The quantitative estimate of drug-likeness (QED) is 0.916. The van der Waals surface area contributed by atoms with Gasteiger partial charge in [-0.1, -0.05) is 24.3 Å². The molecular formula is C17H21N3O. The van der Waals surface area contributed by atoms with Gasteiger partial charge < -0.3 is 9.73 Å². The lowest BCUT2D eigenvalue weighted by Gasteiger charge is -2.21. The van der Waals surface area contributed by atoms with E-state index in [0.29, 0.717) is 5.92 Å². The van der Waals surface area contributed by atoms with E-state index in [-0.39, 0.29) is 0 Å². The highest BCUT2D eigenvalue weighted by Gasteiger charge is 2.24. The van der Waals surface area contributed by atoms with Crippen LogP contribution >= 0.6 is 0 Å². The second-order valence-electron chi connectivity index (χ2n) is 6.22. The predicted octanol–water partition coefficient (Wildman–Crippen LogP) is 2.64. The molecule has 1 fully saturated rings. The molecule has 4 heteroatoms. The molecule has 0 amide bonds. The molecular weight excluding hydrogens is 262 g/mol. The van der Waals surface area contributed by atoms with Crippen molar-refractivity contribution in [1.82, 2.24) is 15.5 Å². The predicted molar refractivity (Wildman–Crippen MR) is 80.2 cm³/mol. The maximum atomic E-state index is 5.88. The maximum Gasteiger partial charge on any atom is 0.219 e. The van der Waals surface area contributed by atoms with Crippen LogP contribution in [0.3, 0.4) is 0 Å². The number of aryl methyl sites for hydroxylation is 1. The summed E-state index contributed by atoms with van der Waals surface area (Å²) < 4.78 is 5.88. The standard InChI is InChI=1S/C17H21N3O/c1-2-4-13-11-14(6-5-12(13)3-1)17-20-19-16(21-17)9-10-18-15-7-8-15/h1-4,14-15,18H,5-11H2. The van der Waals surface area contributed by atoms with Crippen molar-refractivity contribution >= 4 is 0 Å². The molecule has 0 spiro atoms. The van der Waals surface area contributed by atoms with Gasteiger partial charge in [-0.15, -0.1) is 10.2 Å². The Labute approximate surface area is 125 Å². The molecule has 21 heavy (non-hydrogen) atoms. The topological polar surface area (TPSA) is 51.0 Å². The molecule has 1 atom stereocenters. The lowest BCUT2D eigenvalue weighted by atomic mass is 9.84. The highest BCUT2D eigenvalue weighted by Crippen LogP contribution is 2.31. The summed E-state index contributed by atoms with van der Waals surface area (Å²) in [5.74, 6) is 1.99. The molecule has 1 aromatic carbocycles. The number of rotatable bonds is 5. The smallest absolute Gasteiger partial charge is 0.219 e. The summed E-state index contributed by atoms with van der Waals surface area (Å²) in [7, 11) is 0. The molecule has 2 aromatic rings. The first-order valence-corrected chi connectivity index (χ1v) is 8.01. The Morgan fingerprint density at radius 1 is 1.10 bits per heavy atom. The van der Waals surface area contributed by atoms with E-state index in [2.05, 4.69) is 39.8 Å². The molecule has 0 saturated heterocycles.